The summed E-state index contributed by atoms with van der Waals surface area (Å²) in [6, 6.07) is 4.44. The Morgan fingerprint density at radius 2 is 1.55 bits per heavy atom. The minimum Gasteiger partial charge on any atom is -0.505 e. The molecule has 0 atom stereocenters. The highest BCUT2D eigenvalue weighted by molar-refractivity contribution is 7.87. The molecule has 2 rings (SSSR count). The minimum absolute atomic E-state index is 0.152. The fourth-order valence-electron chi connectivity index (χ4n) is 2.13. The predicted molar refractivity (Wildman–Crippen MR) is 107 cm³/mol. The largest absolute Gasteiger partial charge is 0.505 e. The molecule has 0 unspecified atom stereocenters. The molecule has 0 saturated carbocycles. The molecule has 0 radical (unpaired) electrons. The van der Waals surface area contributed by atoms with Crippen molar-refractivity contribution in [2.45, 2.75) is 4.90 Å². The van der Waals surface area contributed by atoms with Crippen LogP contribution in [0.5, 0.6) is 5.75 Å². The number of azo groups is 2. The second-order valence-electron chi connectivity index (χ2n) is 5.26. The van der Waals surface area contributed by atoms with Crippen LogP contribution in [0.3, 0.4) is 0 Å². The average Bonchev–Trinajstić information content (AvgIpc) is 2.65. The molecule has 14 heteroatoms. The van der Waals surface area contributed by atoms with E-state index in [0.717, 1.165) is 20.5 Å². The molecule has 0 aromatic heterocycles. The third-order valence-electron chi connectivity index (χ3n) is 3.44. The summed E-state index contributed by atoms with van der Waals surface area (Å²) in [5, 5.41) is 25.8. The molecule has 2 aromatic rings. The second-order valence-corrected chi connectivity index (χ2v) is 8.68. The molecule has 160 valence electrons. The van der Waals surface area contributed by atoms with Gasteiger partial charge in [0.2, 0.25) is 0 Å². The Hall–Kier alpha value is -2.68. The van der Waals surface area contributed by atoms with Gasteiger partial charge in [-0.2, -0.15) is 37.3 Å². The topological polar surface area (TPSA) is 182 Å². The molecule has 12 nitrogen and oxygen atoms in total. The van der Waals surface area contributed by atoms with Crippen molar-refractivity contribution in [2.24, 2.45) is 20.5 Å². The predicted octanol–water partition coefficient (Wildman–Crippen LogP) is 2.48. The van der Waals surface area contributed by atoms with Crippen LogP contribution in [-0.2, 0) is 28.6 Å². The molecule has 0 amide bonds. The second kappa shape index (κ2) is 9.69. The summed E-state index contributed by atoms with van der Waals surface area (Å²) >= 11 is 0. The number of benzene rings is 2. The van der Waals surface area contributed by atoms with Gasteiger partial charge in [0.15, 0.2) is 5.75 Å². The number of rotatable bonds is 5. The first-order valence-corrected chi connectivity index (χ1v) is 10.9. The molecule has 3 N–H and O–H groups in total. The van der Waals surface area contributed by atoms with Crippen LogP contribution in [0.4, 0.5) is 17.1 Å². The van der Waals surface area contributed by atoms with E-state index in [1.807, 2.05) is 0 Å². The Morgan fingerprint density at radius 3 is 2.00 bits per heavy atom. The van der Waals surface area contributed by atoms with E-state index < -0.39 is 26.0 Å². The van der Waals surface area contributed by atoms with Crippen molar-refractivity contribution in [2.75, 3.05) is 40.3 Å². The van der Waals surface area contributed by atoms with E-state index in [2.05, 4.69) is 28.8 Å². The molecule has 0 fully saturated rings. The van der Waals surface area contributed by atoms with E-state index in [-0.39, 0.29) is 21.7 Å². The number of phenols is 1. The number of nitrogens with zero attached hydrogens (tertiary/aromatic N) is 4. The summed E-state index contributed by atoms with van der Waals surface area (Å²) in [4.78, 5) is -0.306. The molecule has 0 aliphatic heterocycles. The molecule has 0 heterocycles. The summed E-state index contributed by atoms with van der Waals surface area (Å²) in [5.74, 6) is -0.422. The number of hydrogen-bond acceptors (Lipinski definition) is 12. The van der Waals surface area contributed by atoms with Gasteiger partial charge < -0.3 is 10.8 Å². The lowest BCUT2D eigenvalue weighted by molar-refractivity contribution is 0.397. The van der Waals surface area contributed by atoms with Crippen LogP contribution in [0.25, 0.3) is 10.8 Å². The molecule has 0 bridgehead atoms. The number of hydrogen-bond donors (Lipinski definition) is 2. The van der Waals surface area contributed by atoms with Crippen LogP contribution in [0.15, 0.2) is 43.6 Å². The monoisotopic (exact) mass is 447 g/mol. The third kappa shape index (κ3) is 5.90. The quantitative estimate of drug-likeness (QED) is 0.398. The van der Waals surface area contributed by atoms with Crippen LogP contribution in [0, 0.1) is 0 Å². The van der Waals surface area contributed by atoms with Gasteiger partial charge >= 0.3 is 0 Å². The minimum atomic E-state index is -4.09. The normalized spacial score (nSPS) is 12.4. The van der Waals surface area contributed by atoms with E-state index in [9.17, 15) is 21.9 Å². The Bertz CT molecular complexity index is 1160. The summed E-state index contributed by atoms with van der Waals surface area (Å²) in [6.45, 7) is 0. The lowest BCUT2D eigenvalue weighted by Gasteiger charge is -2.12. The van der Waals surface area contributed by atoms with Crippen LogP contribution < -0.4 is 5.73 Å². The zero-order valence-corrected chi connectivity index (χ0v) is 17.9. The standard InChI is InChI=1S/C13H15N5O4S.C2H6O3S/c1-15-17-8-5-4-7-6-9(23(20,21)22-3)12(18-16-2)13(19)10(7)11(8)14;1-5-6(2,3)4/h4-6,19H,14H2,1-3H3;1-2H3. The number of phenolic OH excluding ortho intramolecular Hbond substituents is 1. The first kappa shape index (κ1) is 24.4. The SMILES string of the molecule is CN=Nc1ccc2cc(S(=O)(=O)OC)c(N=NC)c(O)c2c1N.COS(C)(=O)=O. The van der Waals surface area contributed by atoms with E-state index in [4.69, 9.17) is 5.73 Å². The maximum Gasteiger partial charge on any atom is 0.299 e. The smallest absolute Gasteiger partial charge is 0.299 e. The van der Waals surface area contributed by atoms with E-state index in [1.165, 1.54) is 20.2 Å². The van der Waals surface area contributed by atoms with Gasteiger partial charge in [-0.15, -0.1) is 0 Å². The van der Waals surface area contributed by atoms with Crippen LogP contribution in [0.2, 0.25) is 0 Å². The number of fused-ring (bicyclic) bond motifs is 1. The van der Waals surface area contributed by atoms with Crippen LogP contribution in [0.1, 0.15) is 0 Å². The molecular formula is C15H21N5O7S2. The van der Waals surface area contributed by atoms with Crippen molar-refractivity contribution in [1.29, 1.82) is 0 Å². The van der Waals surface area contributed by atoms with Gasteiger partial charge in [0.1, 0.15) is 16.3 Å². The number of aromatic hydroxyl groups is 1. The number of anilines is 1. The maximum atomic E-state index is 12.0. The van der Waals surface area contributed by atoms with Crippen molar-refractivity contribution >= 4 is 48.1 Å². The first-order valence-electron chi connectivity index (χ1n) is 7.67. The zero-order valence-electron chi connectivity index (χ0n) is 16.3. The fourth-order valence-corrected chi connectivity index (χ4v) is 2.95. The molecule has 0 aliphatic carbocycles. The molecule has 29 heavy (non-hydrogen) atoms. The van der Waals surface area contributed by atoms with Gasteiger partial charge in [-0.3, -0.25) is 8.37 Å². The van der Waals surface area contributed by atoms with Crippen molar-refractivity contribution in [1.82, 2.24) is 0 Å². The third-order valence-corrected chi connectivity index (χ3v) is 5.33. The fraction of sp³-hybridized carbons (Fsp3) is 0.333. The van der Waals surface area contributed by atoms with Crippen molar-refractivity contribution in [3.63, 3.8) is 0 Å². The van der Waals surface area contributed by atoms with Crippen molar-refractivity contribution in [3.05, 3.63) is 18.2 Å². The first-order chi connectivity index (χ1) is 13.4. The molecular weight excluding hydrogens is 426 g/mol. The molecule has 0 saturated heterocycles. The Morgan fingerprint density at radius 1 is 1.00 bits per heavy atom. The maximum absolute atomic E-state index is 12.0. The Balaban J connectivity index is 0.000000612. The van der Waals surface area contributed by atoms with Gasteiger partial charge in [0.05, 0.1) is 31.5 Å². The van der Waals surface area contributed by atoms with Crippen LogP contribution >= 0.6 is 0 Å². The van der Waals surface area contributed by atoms with Gasteiger partial charge in [0, 0.05) is 14.1 Å². The van der Waals surface area contributed by atoms with E-state index in [0.29, 0.717) is 11.1 Å². The summed E-state index contributed by atoms with van der Waals surface area (Å²) in [6.07, 6.45) is 0.993. The summed E-state index contributed by atoms with van der Waals surface area (Å²) in [7, 11) is -2.29. The Labute approximate surface area is 168 Å². The van der Waals surface area contributed by atoms with Gasteiger partial charge in [-0.25, -0.2) is 0 Å². The number of nitrogens with two attached hydrogens (primary N) is 1. The van der Waals surface area contributed by atoms with Gasteiger partial charge in [-0.05, 0) is 17.5 Å². The van der Waals surface area contributed by atoms with E-state index in [1.54, 1.807) is 12.1 Å². The lowest BCUT2D eigenvalue weighted by Crippen LogP contribution is -2.04. The molecule has 2 aromatic carbocycles. The highest BCUT2D eigenvalue weighted by Gasteiger charge is 2.25. The molecule has 0 aliphatic rings. The average molecular weight is 447 g/mol. The highest BCUT2D eigenvalue weighted by Crippen LogP contribution is 2.45. The van der Waals surface area contributed by atoms with Crippen molar-refractivity contribution < 1.29 is 30.3 Å². The van der Waals surface area contributed by atoms with Crippen molar-refractivity contribution in [3.8, 4) is 5.75 Å². The Kier molecular flexibility index (Phi) is 8.14. The zero-order chi connectivity index (χ0) is 22.4. The lowest BCUT2D eigenvalue weighted by atomic mass is 10.1. The summed E-state index contributed by atoms with van der Waals surface area (Å²) < 4.78 is 52.1. The highest BCUT2D eigenvalue weighted by atomic mass is 32.2. The number of nitrogen functional groups attached to an aromatic ring is 1. The van der Waals surface area contributed by atoms with Gasteiger partial charge in [-0.1, -0.05) is 6.07 Å². The van der Waals surface area contributed by atoms with Crippen LogP contribution in [-0.4, -0.2) is 56.5 Å². The molecule has 0 spiro atoms. The summed E-state index contributed by atoms with van der Waals surface area (Å²) in [5.41, 5.74) is 6.24. The van der Waals surface area contributed by atoms with Gasteiger partial charge in [0.25, 0.3) is 20.2 Å². The van der Waals surface area contributed by atoms with E-state index >= 15 is 0 Å².